The Kier molecular flexibility index (Phi) is 6.74. The molecule has 0 unspecified atom stereocenters. The Hall–Kier alpha value is -2.88. The van der Waals surface area contributed by atoms with E-state index >= 15 is 0 Å². The van der Waals surface area contributed by atoms with Gasteiger partial charge < -0.3 is 15.7 Å². The lowest BCUT2D eigenvalue weighted by atomic mass is 10.0. The molecule has 1 rings (SSSR count). The van der Waals surface area contributed by atoms with Crippen LogP contribution < -0.4 is 10.6 Å². The molecule has 0 radical (unpaired) electrons. The third-order valence-electron chi connectivity index (χ3n) is 3.01. The zero-order valence-electron chi connectivity index (χ0n) is 12.5. The number of carboxylic acid groups (broad SMARTS) is 1. The van der Waals surface area contributed by atoms with E-state index in [-0.39, 0.29) is 18.4 Å². The third-order valence-corrected chi connectivity index (χ3v) is 3.01. The van der Waals surface area contributed by atoms with Gasteiger partial charge in [-0.05, 0) is 11.6 Å². The maximum Gasteiger partial charge on any atom is 0.327 e. The van der Waals surface area contributed by atoms with Crippen LogP contribution in [-0.2, 0) is 20.8 Å². The van der Waals surface area contributed by atoms with Gasteiger partial charge in [-0.25, -0.2) is 9.18 Å². The molecule has 0 saturated heterocycles. The van der Waals surface area contributed by atoms with Crippen molar-refractivity contribution in [3.8, 4) is 12.3 Å². The largest absolute Gasteiger partial charge is 0.480 e. The quantitative estimate of drug-likeness (QED) is 0.636. The molecule has 0 aliphatic heterocycles. The minimum Gasteiger partial charge on any atom is -0.480 e. The van der Waals surface area contributed by atoms with Crippen LogP contribution in [0.5, 0.6) is 0 Å². The number of nitrogens with one attached hydrogen (secondary N) is 2. The van der Waals surface area contributed by atoms with Crippen molar-refractivity contribution < 1.29 is 23.9 Å². The fraction of sp³-hybridized carbons (Fsp3) is 0.312. The van der Waals surface area contributed by atoms with Crippen molar-refractivity contribution in [2.75, 3.05) is 0 Å². The minimum absolute atomic E-state index is 0.111. The molecule has 23 heavy (non-hydrogen) atoms. The number of hydrogen-bond donors (Lipinski definition) is 3. The van der Waals surface area contributed by atoms with Gasteiger partial charge in [0.25, 0.3) is 0 Å². The highest BCUT2D eigenvalue weighted by atomic mass is 19.1. The van der Waals surface area contributed by atoms with Crippen molar-refractivity contribution in [3.63, 3.8) is 0 Å². The first-order valence-electron chi connectivity index (χ1n) is 6.82. The standard InChI is InChI=1S/C16H17FN2O4/c1-3-6-13(16(22)23)19-15(21)14(18-10(2)20)9-11-7-4-5-8-12(11)17/h1,4-5,7-8,13-14H,6,9H2,2H3,(H,18,20)(H,19,21)(H,22,23)/t13-,14-/m0/s1. The van der Waals surface area contributed by atoms with E-state index in [0.717, 1.165) is 0 Å². The van der Waals surface area contributed by atoms with Gasteiger partial charge in [0.1, 0.15) is 17.9 Å². The summed E-state index contributed by atoms with van der Waals surface area (Å²) in [4.78, 5) is 34.5. The highest BCUT2D eigenvalue weighted by Gasteiger charge is 2.26. The summed E-state index contributed by atoms with van der Waals surface area (Å²) < 4.78 is 13.7. The number of amides is 2. The van der Waals surface area contributed by atoms with Crippen LogP contribution in [0.3, 0.4) is 0 Å². The van der Waals surface area contributed by atoms with Crippen LogP contribution in [-0.4, -0.2) is 35.0 Å². The van der Waals surface area contributed by atoms with Gasteiger partial charge >= 0.3 is 5.97 Å². The predicted molar refractivity (Wildman–Crippen MR) is 80.7 cm³/mol. The van der Waals surface area contributed by atoms with E-state index in [1.54, 1.807) is 6.07 Å². The molecule has 2 atom stereocenters. The minimum atomic E-state index is -1.29. The van der Waals surface area contributed by atoms with Crippen LogP contribution in [0.1, 0.15) is 18.9 Å². The Morgan fingerprint density at radius 1 is 1.26 bits per heavy atom. The first-order chi connectivity index (χ1) is 10.8. The molecule has 0 bridgehead atoms. The third kappa shape index (κ3) is 5.79. The maximum atomic E-state index is 13.7. The lowest BCUT2D eigenvalue weighted by molar-refractivity contribution is -0.142. The summed E-state index contributed by atoms with van der Waals surface area (Å²) in [5.41, 5.74) is 0.227. The second-order valence-electron chi connectivity index (χ2n) is 4.86. The average Bonchev–Trinajstić information content (AvgIpc) is 2.47. The zero-order chi connectivity index (χ0) is 17.4. The van der Waals surface area contributed by atoms with Crippen molar-refractivity contribution in [2.24, 2.45) is 0 Å². The van der Waals surface area contributed by atoms with Gasteiger partial charge in [-0.2, -0.15) is 0 Å². The molecule has 0 saturated carbocycles. The molecular weight excluding hydrogens is 303 g/mol. The molecule has 2 amide bonds. The van der Waals surface area contributed by atoms with Crippen LogP contribution in [0.4, 0.5) is 4.39 Å². The number of hydrogen-bond acceptors (Lipinski definition) is 3. The lowest BCUT2D eigenvalue weighted by Gasteiger charge is -2.20. The highest BCUT2D eigenvalue weighted by molar-refractivity contribution is 5.90. The number of rotatable bonds is 7. The molecule has 0 aliphatic rings. The van der Waals surface area contributed by atoms with Crippen molar-refractivity contribution in [2.45, 2.75) is 31.8 Å². The smallest absolute Gasteiger partial charge is 0.327 e. The summed E-state index contributed by atoms with van der Waals surface area (Å²) in [6.45, 7) is 1.21. The topological polar surface area (TPSA) is 95.5 Å². The van der Waals surface area contributed by atoms with Crippen LogP contribution in [0.2, 0.25) is 0 Å². The summed E-state index contributed by atoms with van der Waals surface area (Å²) in [5.74, 6) is -0.897. The second kappa shape index (κ2) is 8.54. The molecule has 0 aliphatic carbocycles. The number of carbonyl (C=O) groups is 3. The molecule has 0 fully saturated rings. The van der Waals surface area contributed by atoms with Gasteiger partial charge in [-0.1, -0.05) is 18.2 Å². The zero-order valence-corrected chi connectivity index (χ0v) is 12.5. The van der Waals surface area contributed by atoms with E-state index in [1.165, 1.54) is 25.1 Å². The highest BCUT2D eigenvalue weighted by Crippen LogP contribution is 2.10. The number of benzene rings is 1. The Bertz CT molecular complexity index is 639. The van der Waals surface area contributed by atoms with Crippen molar-refractivity contribution in [3.05, 3.63) is 35.6 Å². The fourth-order valence-corrected chi connectivity index (χ4v) is 1.93. The molecule has 6 nitrogen and oxygen atoms in total. The fourth-order valence-electron chi connectivity index (χ4n) is 1.93. The summed E-state index contributed by atoms with van der Waals surface area (Å²) in [5, 5.41) is 13.6. The normalized spacial score (nSPS) is 12.6. The summed E-state index contributed by atoms with van der Waals surface area (Å²) >= 11 is 0. The van der Waals surface area contributed by atoms with Gasteiger partial charge in [0, 0.05) is 19.8 Å². The second-order valence-corrected chi connectivity index (χ2v) is 4.86. The lowest BCUT2D eigenvalue weighted by Crippen LogP contribution is -2.52. The molecule has 3 N–H and O–H groups in total. The van der Waals surface area contributed by atoms with Crippen LogP contribution >= 0.6 is 0 Å². The van der Waals surface area contributed by atoms with E-state index in [0.29, 0.717) is 0 Å². The molecule has 7 heteroatoms. The monoisotopic (exact) mass is 320 g/mol. The van der Waals surface area contributed by atoms with Gasteiger partial charge in [-0.15, -0.1) is 12.3 Å². The van der Waals surface area contributed by atoms with Crippen LogP contribution in [0.25, 0.3) is 0 Å². The number of terminal acetylenes is 1. The van der Waals surface area contributed by atoms with Crippen molar-refractivity contribution in [1.82, 2.24) is 10.6 Å². The molecule has 1 aromatic carbocycles. The Labute approximate surface area is 133 Å². The number of carboxylic acids is 1. The SMILES string of the molecule is C#CC[C@H](NC(=O)[C@H](Cc1ccccc1F)NC(C)=O)C(=O)O. The summed E-state index contributed by atoms with van der Waals surface area (Å²) in [6, 6.07) is 3.43. The molecule has 0 spiro atoms. The number of carbonyl (C=O) groups excluding carboxylic acids is 2. The van der Waals surface area contributed by atoms with Gasteiger partial charge in [-0.3, -0.25) is 9.59 Å². The van der Waals surface area contributed by atoms with Crippen LogP contribution in [0.15, 0.2) is 24.3 Å². The first kappa shape index (κ1) is 18.2. The van der Waals surface area contributed by atoms with Crippen LogP contribution in [0, 0.1) is 18.2 Å². The average molecular weight is 320 g/mol. The molecule has 0 heterocycles. The maximum absolute atomic E-state index is 13.7. The molecule has 1 aromatic rings. The van der Waals surface area contributed by atoms with Crippen molar-refractivity contribution in [1.29, 1.82) is 0 Å². The molecule has 122 valence electrons. The van der Waals surface area contributed by atoms with Crippen molar-refractivity contribution >= 4 is 17.8 Å². The van der Waals surface area contributed by atoms with E-state index < -0.39 is 35.7 Å². The van der Waals surface area contributed by atoms with Gasteiger partial charge in [0.05, 0.1) is 0 Å². The molecule has 0 aromatic heterocycles. The van der Waals surface area contributed by atoms with Gasteiger partial charge in [0.15, 0.2) is 0 Å². The van der Waals surface area contributed by atoms with Gasteiger partial charge in [0.2, 0.25) is 11.8 Å². The Morgan fingerprint density at radius 3 is 2.43 bits per heavy atom. The molecular formula is C16H17FN2O4. The number of aliphatic carboxylic acids is 1. The predicted octanol–water partition coefficient (Wildman–Crippen LogP) is 0.466. The summed E-state index contributed by atoms with van der Waals surface area (Å²) in [6.07, 6.45) is 4.75. The Balaban J connectivity index is 2.90. The van der Waals surface area contributed by atoms with E-state index in [1.807, 2.05) is 0 Å². The Morgan fingerprint density at radius 2 is 1.91 bits per heavy atom. The summed E-state index contributed by atoms with van der Waals surface area (Å²) in [7, 11) is 0. The van der Waals surface area contributed by atoms with E-state index in [2.05, 4.69) is 16.6 Å². The number of halogens is 1. The van der Waals surface area contributed by atoms with E-state index in [9.17, 15) is 18.8 Å². The first-order valence-corrected chi connectivity index (χ1v) is 6.82. The van der Waals surface area contributed by atoms with E-state index in [4.69, 9.17) is 11.5 Å².